The Hall–Kier alpha value is -0.840. The maximum Gasteiger partial charge on any atom is 0.313 e. The number of rotatable bonds is 6. The maximum atomic E-state index is 12.0. The molecule has 0 aliphatic carbocycles. The molecule has 8 nitrogen and oxygen atoms in total. The first-order valence-electron chi connectivity index (χ1n) is 6.50. The molecule has 0 saturated carbocycles. The summed E-state index contributed by atoms with van der Waals surface area (Å²) in [5, 5.41) is 8.53. The van der Waals surface area contributed by atoms with Crippen molar-refractivity contribution in [3.8, 4) is 0 Å². The minimum atomic E-state index is -3.45. The van der Waals surface area contributed by atoms with Gasteiger partial charge in [0.2, 0.25) is 5.91 Å². The van der Waals surface area contributed by atoms with Crippen LogP contribution in [0.4, 0.5) is 0 Å². The first kappa shape index (κ1) is 18.2. The summed E-state index contributed by atoms with van der Waals surface area (Å²) in [5.41, 5.74) is 0. The van der Waals surface area contributed by atoms with Gasteiger partial charge in [-0.25, -0.2) is 0 Å². The average Bonchev–Trinajstić information content (AvgIpc) is 2.63. The number of nitrogens with zero attached hydrogens (tertiary/aromatic N) is 3. The fourth-order valence-corrected chi connectivity index (χ4v) is 3.69. The van der Waals surface area contributed by atoms with E-state index in [0.717, 1.165) is 16.1 Å². The fourth-order valence-electron chi connectivity index (χ4n) is 1.92. The summed E-state index contributed by atoms with van der Waals surface area (Å²) < 4.78 is 26.6. The summed E-state index contributed by atoms with van der Waals surface area (Å²) in [4.78, 5) is 24.0. The summed E-state index contributed by atoms with van der Waals surface area (Å²) >= 11 is 1.05. The van der Waals surface area contributed by atoms with E-state index in [1.165, 1.54) is 18.4 Å². The van der Waals surface area contributed by atoms with Gasteiger partial charge < -0.3 is 10.0 Å². The zero-order valence-corrected chi connectivity index (χ0v) is 13.8. The van der Waals surface area contributed by atoms with E-state index in [4.69, 9.17) is 5.11 Å². The van der Waals surface area contributed by atoms with Gasteiger partial charge in [0, 0.05) is 40.3 Å². The molecule has 1 saturated heterocycles. The van der Waals surface area contributed by atoms with Gasteiger partial charge in [0.05, 0.1) is 11.5 Å². The molecule has 1 amide bonds. The van der Waals surface area contributed by atoms with Gasteiger partial charge >= 0.3 is 5.97 Å². The number of carbonyl (C=O) groups excluding carboxylic acids is 1. The van der Waals surface area contributed by atoms with Gasteiger partial charge in [-0.2, -0.15) is 17.0 Å². The van der Waals surface area contributed by atoms with Crippen LogP contribution < -0.4 is 0 Å². The van der Waals surface area contributed by atoms with Gasteiger partial charge in [0.15, 0.2) is 0 Å². The van der Waals surface area contributed by atoms with Crippen LogP contribution in [0.25, 0.3) is 0 Å². The molecule has 0 aromatic heterocycles. The summed E-state index contributed by atoms with van der Waals surface area (Å²) in [5.74, 6) is -1.11. The highest BCUT2D eigenvalue weighted by Gasteiger charge is 2.28. The molecule has 0 aromatic carbocycles. The molecule has 0 spiro atoms. The van der Waals surface area contributed by atoms with Crippen LogP contribution in [0.1, 0.15) is 6.42 Å². The molecule has 122 valence electrons. The Labute approximate surface area is 129 Å². The highest BCUT2D eigenvalue weighted by Crippen LogP contribution is 2.11. The van der Waals surface area contributed by atoms with Crippen LogP contribution in [0.15, 0.2) is 0 Å². The van der Waals surface area contributed by atoms with E-state index < -0.39 is 16.2 Å². The summed E-state index contributed by atoms with van der Waals surface area (Å²) in [6.45, 7) is 1.47. The summed E-state index contributed by atoms with van der Waals surface area (Å²) in [6.07, 6.45) is 0.572. The van der Waals surface area contributed by atoms with Crippen molar-refractivity contribution < 1.29 is 23.1 Å². The molecular formula is C11H21N3O5S2. The van der Waals surface area contributed by atoms with Crippen molar-refractivity contribution in [3.63, 3.8) is 0 Å². The van der Waals surface area contributed by atoms with E-state index in [-0.39, 0.29) is 24.0 Å². The summed E-state index contributed by atoms with van der Waals surface area (Å²) in [7, 11) is -0.499. The number of hydrogen-bond donors (Lipinski definition) is 1. The quantitative estimate of drug-likeness (QED) is 0.676. The molecule has 1 N–H and O–H groups in total. The third-order valence-corrected chi connectivity index (χ3v) is 5.89. The number of carboxylic acids is 1. The largest absolute Gasteiger partial charge is 0.481 e. The lowest BCUT2D eigenvalue weighted by Gasteiger charge is -2.24. The number of carbonyl (C=O) groups is 2. The molecular weight excluding hydrogens is 318 g/mol. The number of thioether (sulfide) groups is 1. The second kappa shape index (κ2) is 7.97. The van der Waals surface area contributed by atoms with Gasteiger partial charge in [-0.05, 0) is 6.42 Å². The first-order valence-corrected chi connectivity index (χ1v) is 9.05. The SMILES string of the molecule is CN(C)S(=O)(=O)N1CCCN(C(=O)CSCC(=O)O)CC1. The lowest BCUT2D eigenvalue weighted by molar-refractivity contribution is -0.133. The van der Waals surface area contributed by atoms with Crippen molar-refractivity contribution >= 4 is 33.8 Å². The Bertz CT molecular complexity index is 480. The number of carboxylic acid groups (broad SMARTS) is 1. The highest BCUT2D eigenvalue weighted by atomic mass is 32.2. The third kappa shape index (κ3) is 5.46. The van der Waals surface area contributed by atoms with E-state index >= 15 is 0 Å². The van der Waals surface area contributed by atoms with Gasteiger partial charge in [0.1, 0.15) is 0 Å². The predicted octanol–water partition coefficient (Wildman–Crippen LogP) is -0.855. The van der Waals surface area contributed by atoms with Crippen LogP contribution in [0.5, 0.6) is 0 Å². The predicted molar refractivity (Wildman–Crippen MR) is 80.3 cm³/mol. The van der Waals surface area contributed by atoms with Gasteiger partial charge in [0.25, 0.3) is 10.2 Å². The van der Waals surface area contributed by atoms with Crippen molar-refractivity contribution in [3.05, 3.63) is 0 Å². The van der Waals surface area contributed by atoms with Crippen LogP contribution in [0.2, 0.25) is 0 Å². The molecule has 0 atom stereocenters. The smallest absolute Gasteiger partial charge is 0.313 e. The zero-order chi connectivity index (χ0) is 16.0. The van der Waals surface area contributed by atoms with Crippen molar-refractivity contribution in [1.29, 1.82) is 0 Å². The minimum absolute atomic E-state index is 0.104. The molecule has 1 fully saturated rings. The monoisotopic (exact) mass is 339 g/mol. The normalized spacial score (nSPS) is 17.8. The van der Waals surface area contributed by atoms with Crippen molar-refractivity contribution in [2.75, 3.05) is 51.8 Å². The Kier molecular flexibility index (Phi) is 6.91. The fraction of sp³-hybridized carbons (Fsp3) is 0.818. The van der Waals surface area contributed by atoms with Crippen LogP contribution >= 0.6 is 11.8 Å². The zero-order valence-electron chi connectivity index (χ0n) is 12.2. The summed E-state index contributed by atoms with van der Waals surface area (Å²) in [6, 6.07) is 0. The standard InChI is InChI=1S/C11H21N3O5S2/c1-12(2)21(18,19)14-5-3-4-13(6-7-14)10(15)8-20-9-11(16)17/h3-9H2,1-2H3,(H,16,17). The van der Waals surface area contributed by atoms with Crippen LogP contribution in [-0.4, -0.2) is 90.7 Å². The molecule has 0 radical (unpaired) electrons. The van der Waals surface area contributed by atoms with E-state index in [0.29, 0.717) is 26.1 Å². The lowest BCUT2D eigenvalue weighted by atomic mass is 10.4. The molecule has 1 rings (SSSR count). The Morgan fingerprint density at radius 3 is 2.38 bits per heavy atom. The molecule has 1 aliphatic heterocycles. The molecule has 0 aromatic rings. The third-order valence-electron chi connectivity index (χ3n) is 3.05. The Morgan fingerprint density at radius 1 is 1.14 bits per heavy atom. The Balaban J connectivity index is 2.52. The highest BCUT2D eigenvalue weighted by molar-refractivity contribution is 8.00. The molecule has 0 unspecified atom stereocenters. The second-order valence-electron chi connectivity index (χ2n) is 4.81. The second-order valence-corrected chi connectivity index (χ2v) is 7.94. The maximum absolute atomic E-state index is 12.0. The van der Waals surface area contributed by atoms with E-state index in [9.17, 15) is 18.0 Å². The van der Waals surface area contributed by atoms with Crippen molar-refractivity contribution in [2.45, 2.75) is 6.42 Å². The van der Waals surface area contributed by atoms with E-state index in [1.807, 2.05) is 0 Å². The number of amides is 1. The van der Waals surface area contributed by atoms with Crippen molar-refractivity contribution in [1.82, 2.24) is 13.5 Å². The molecule has 1 heterocycles. The average molecular weight is 339 g/mol. The number of hydrogen-bond acceptors (Lipinski definition) is 5. The topological polar surface area (TPSA) is 98.2 Å². The first-order chi connectivity index (χ1) is 9.75. The van der Waals surface area contributed by atoms with Gasteiger partial charge in [-0.15, -0.1) is 11.8 Å². The number of aliphatic carboxylic acids is 1. The van der Waals surface area contributed by atoms with Crippen molar-refractivity contribution in [2.24, 2.45) is 0 Å². The van der Waals surface area contributed by atoms with E-state index in [1.54, 1.807) is 4.90 Å². The van der Waals surface area contributed by atoms with Gasteiger partial charge in [-0.1, -0.05) is 0 Å². The molecule has 21 heavy (non-hydrogen) atoms. The Morgan fingerprint density at radius 2 is 1.81 bits per heavy atom. The van der Waals surface area contributed by atoms with Crippen LogP contribution in [-0.2, 0) is 19.8 Å². The van der Waals surface area contributed by atoms with Crippen LogP contribution in [0.3, 0.4) is 0 Å². The minimum Gasteiger partial charge on any atom is -0.481 e. The van der Waals surface area contributed by atoms with E-state index in [2.05, 4.69) is 0 Å². The van der Waals surface area contributed by atoms with Gasteiger partial charge in [-0.3, -0.25) is 9.59 Å². The van der Waals surface area contributed by atoms with Crippen LogP contribution in [0, 0.1) is 0 Å². The lowest BCUT2D eigenvalue weighted by Crippen LogP contribution is -2.42. The molecule has 10 heteroatoms. The molecule has 1 aliphatic rings. The molecule has 0 bridgehead atoms.